The van der Waals surface area contributed by atoms with Crippen molar-refractivity contribution < 1.29 is 14.7 Å². The van der Waals surface area contributed by atoms with Gasteiger partial charge in [-0.05, 0) is 37.8 Å². The van der Waals surface area contributed by atoms with E-state index in [1.54, 1.807) is 6.92 Å². The number of benzene rings is 1. The lowest BCUT2D eigenvalue weighted by molar-refractivity contribution is -0.149. The Morgan fingerprint density at radius 1 is 1.36 bits per heavy atom. The standard InChI is InChI=1S/C20H26N2O3/c1-4-20(17(23)22-19(3,14(2)21)18(24)25)12-10-16(11-13-20)15-8-6-5-7-9-15/h5-12,14H,4,13,21H2,1-3H3,(H,22,23)(H,24,25). The molecule has 1 aliphatic carbocycles. The van der Waals surface area contributed by atoms with Gasteiger partial charge in [-0.15, -0.1) is 0 Å². The van der Waals surface area contributed by atoms with Crippen molar-refractivity contribution in [2.45, 2.75) is 45.2 Å². The number of allylic oxidation sites excluding steroid dienone is 3. The summed E-state index contributed by atoms with van der Waals surface area (Å²) in [5, 5.41) is 12.1. The zero-order chi connectivity index (χ0) is 18.7. The van der Waals surface area contributed by atoms with Gasteiger partial charge in [-0.25, -0.2) is 4.79 Å². The number of amides is 1. The molecule has 1 amide bonds. The van der Waals surface area contributed by atoms with E-state index in [4.69, 9.17) is 5.73 Å². The number of carbonyl (C=O) groups excluding carboxylic acids is 1. The van der Waals surface area contributed by atoms with E-state index in [0.29, 0.717) is 12.8 Å². The van der Waals surface area contributed by atoms with Crippen molar-refractivity contribution in [3.8, 4) is 0 Å². The average Bonchev–Trinajstić information content (AvgIpc) is 2.62. The summed E-state index contributed by atoms with van der Waals surface area (Å²) in [5.41, 5.74) is 5.70. The van der Waals surface area contributed by atoms with E-state index in [2.05, 4.69) is 5.32 Å². The van der Waals surface area contributed by atoms with Crippen LogP contribution in [-0.4, -0.2) is 28.6 Å². The summed E-state index contributed by atoms with van der Waals surface area (Å²) in [4.78, 5) is 24.5. The van der Waals surface area contributed by atoms with Gasteiger partial charge >= 0.3 is 5.97 Å². The topological polar surface area (TPSA) is 92.4 Å². The van der Waals surface area contributed by atoms with Crippen molar-refractivity contribution in [1.82, 2.24) is 5.32 Å². The Hall–Kier alpha value is -2.40. The third-order valence-corrected chi connectivity index (χ3v) is 5.19. The maximum Gasteiger partial charge on any atom is 0.330 e. The fourth-order valence-electron chi connectivity index (χ4n) is 2.84. The molecule has 2 rings (SSSR count). The maximum atomic E-state index is 12.9. The number of carboxylic acid groups (broad SMARTS) is 1. The summed E-state index contributed by atoms with van der Waals surface area (Å²) in [6, 6.07) is 9.23. The number of carboxylic acids is 1. The molecule has 0 bridgehead atoms. The molecule has 0 radical (unpaired) electrons. The third kappa shape index (κ3) is 3.66. The molecule has 1 aromatic rings. The Bertz CT molecular complexity index is 709. The highest BCUT2D eigenvalue weighted by Crippen LogP contribution is 2.36. The summed E-state index contributed by atoms with van der Waals surface area (Å²) in [6.45, 7) is 4.95. The van der Waals surface area contributed by atoms with Crippen molar-refractivity contribution in [3.63, 3.8) is 0 Å². The summed E-state index contributed by atoms with van der Waals surface area (Å²) in [6.07, 6.45) is 6.94. The zero-order valence-electron chi connectivity index (χ0n) is 15.0. The Morgan fingerprint density at radius 2 is 2.00 bits per heavy atom. The summed E-state index contributed by atoms with van der Waals surface area (Å²) in [7, 11) is 0. The van der Waals surface area contributed by atoms with Gasteiger partial charge in [-0.1, -0.05) is 55.5 Å². The van der Waals surface area contributed by atoms with E-state index in [0.717, 1.165) is 11.1 Å². The van der Waals surface area contributed by atoms with Gasteiger partial charge in [0.25, 0.3) is 0 Å². The Morgan fingerprint density at radius 3 is 2.44 bits per heavy atom. The number of hydrogen-bond acceptors (Lipinski definition) is 3. The molecule has 134 valence electrons. The zero-order valence-corrected chi connectivity index (χ0v) is 15.0. The first-order valence-electron chi connectivity index (χ1n) is 8.51. The average molecular weight is 342 g/mol. The van der Waals surface area contributed by atoms with E-state index in [1.807, 2.05) is 55.5 Å². The van der Waals surface area contributed by atoms with Gasteiger partial charge in [0.1, 0.15) is 5.54 Å². The third-order valence-electron chi connectivity index (χ3n) is 5.19. The molecule has 0 spiro atoms. The Balaban J connectivity index is 2.23. The molecule has 0 fully saturated rings. The second kappa shape index (κ2) is 7.23. The molecule has 5 nitrogen and oxygen atoms in total. The van der Waals surface area contributed by atoms with E-state index in [9.17, 15) is 14.7 Å². The molecule has 0 aromatic heterocycles. The molecule has 4 N–H and O–H groups in total. The molecule has 3 unspecified atom stereocenters. The van der Waals surface area contributed by atoms with Crippen molar-refractivity contribution >= 4 is 17.4 Å². The maximum absolute atomic E-state index is 12.9. The van der Waals surface area contributed by atoms with Gasteiger partial charge in [0.2, 0.25) is 5.91 Å². The van der Waals surface area contributed by atoms with Crippen LogP contribution in [0.5, 0.6) is 0 Å². The van der Waals surface area contributed by atoms with E-state index in [-0.39, 0.29) is 5.91 Å². The van der Waals surface area contributed by atoms with Crippen LogP contribution in [0.4, 0.5) is 0 Å². The monoisotopic (exact) mass is 342 g/mol. The molecule has 0 heterocycles. The number of rotatable bonds is 6. The minimum absolute atomic E-state index is 0.309. The predicted octanol–water partition coefficient (Wildman–Crippen LogP) is 2.73. The minimum Gasteiger partial charge on any atom is -0.479 e. The van der Waals surface area contributed by atoms with Crippen LogP contribution in [0, 0.1) is 5.41 Å². The lowest BCUT2D eigenvalue weighted by Crippen LogP contribution is -2.64. The van der Waals surface area contributed by atoms with Gasteiger partial charge in [-0.3, -0.25) is 4.79 Å². The smallest absolute Gasteiger partial charge is 0.330 e. The Kier molecular flexibility index (Phi) is 5.48. The van der Waals surface area contributed by atoms with Gasteiger partial charge in [-0.2, -0.15) is 0 Å². The van der Waals surface area contributed by atoms with Crippen LogP contribution in [0.15, 0.2) is 48.6 Å². The molecule has 1 aromatic carbocycles. The molecule has 5 heteroatoms. The summed E-state index contributed by atoms with van der Waals surface area (Å²) < 4.78 is 0. The van der Waals surface area contributed by atoms with Gasteiger partial charge in [0, 0.05) is 6.04 Å². The van der Waals surface area contributed by atoms with Crippen LogP contribution >= 0.6 is 0 Å². The van der Waals surface area contributed by atoms with Crippen LogP contribution in [0.3, 0.4) is 0 Å². The number of aliphatic carboxylic acids is 1. The lowest BCUT2D eigenvalue weighted by Gasteiger charge is -2.36. The molecule has 3 atom stereocenters. The normalized spacial score (nSPS) is 23.3. The highest BCUT2D eigenvalue weighted by atomic mass is 16.4. The van der Waals surface area contributed by atoms with E-state index >= 15 is 0 Å². The number of carbonyl (C=O) groups is 2. The quantitative estimate of drug-likeness (QED) is 0.741. The fraction of sp³-hybridized carbons (Fsp3) is 0.400. The molecule has 0 saturated heterocycles. The Labute approximate surface area is 148 Å². The molecule has 25 heavy (non-hydrogen) atoms. The van der Waals surface area contributed by atoms with Crippen molar-refractivity contribution in [2.75, 3.05) is 0 Å². The molecule has 0 saturated carbocycles. The largest absolute Gasteiger partial charge is 0.479 e. The first-order valence-corrected chi connectivity index (χ1v) is 8.51. The second-order valence-corrected chi connectivity index (χ2v) is 6.82. The highest BCUT2D eigenvalue weighted by molar-refractivity contribution is 5.93. The summed E-state index contributed by atoms with van der Waals surface area (Å²) >= 11 is 0. The number of nitrogens with two attached hydrogens (primary N) is 1. The molecular formula is C20H26N2O3. The summed E-state index contributed by atoms with van der Waals surface area (Å²) in [5.74, 6) is -1.45. The number of nitrogens with one attached hydrogen (secondary N) is 1. The van der Waals surface area contributed by atoms with Crippen LogP contribution in [-0.2, 0) is 9.59 Å². The highest BCUT2D eigenvalue weighted by Gasteiger charge is 2.44. The molecule has 1 aliphatic rings. The van der Waals surface area contributed by atoms with E-state index < -0.39 is 23.0 Å². The SMILES string of the molecule is CCC1(C(=O)NC(C)(C(=O)O)C(C)N)C=CC(c2ccccc2)=CC1. The fourth-order valence-corrected chi connectivity index (χ4v) is 2.84. The first-order chi connectivity index (χ1) is 11.7. The second-order valence-electron chi connectivity index (χ2n) is 6.82. The van der Waals surface area contributed by atoms with Gasteiger partial charge in [0.05, 0.1) is 5.41 Å². The molecule has 0 aliphatic heterocycles. The minimum atomic E-state index is -1.50. The van der Waals surface area contributed by atoms with Crippen molar-refractivity contribution in [3.05, 3.63) is 54.1 Å². The van der Waals surface area contributed by atoms with Gasteiger partial charge in [0.15, 0.2) is 0 Å². The lowest BCUT2D eigenvalue weighted by atomic mass is 9.75. The predicted molar refractivity (Wildman–Crippen MR) is 98.7 cm³/mol. The van der Waals surface area contributed by atoms with Crippen LogP contribution < -0.4 is 11.1 Å². The van der Waals surface area contributed by atoms with E-state index in [1.165, 1.54) is 6.92 Å². The van der Waals surface area contributed by atoms with Crippen molar-refractivity contribution in [1.29, 1.82) is 0 Å². The van der Waals surface area contributed by atoms with Crippen LogP contribution in [0.1, 0.15) is 39.2 Å². The molecular weight excluding hydrogens is 316 g/mol. The number of hydrogen-bond donors (Lipinski definition) is 3. The van der Waals surface area contributed by atoms with Crippen LogP contribution in [0.2, 0.25) is 0 Å². The van der Waals surface area contributed by atoms with Crippen molar-refractivity contribution in [2.24, 2.45) is 11.1 Å². The van der Waals surface area contributed by atoms with Crippen LogP contribution in [0.25, 0.3) is 5.57 Å². The first kappa shape index (κ1) is 18.9. The van der Waals surface area contributed by atoms with Gasteiger partial charge < -0.3 is 16.2 Å².